The molecule has 6 heteroatoms. The van der Waals surface area contributed by atoms with Crippen LogP contribution in [0.1, 0.15) is 24.5 Å². The number of ether oxygens (including phenoxy) is 1. The molecule has 2 N–H and O–H groups in total. The monoisotopic (exact) mass is 363 g/mol. The Morgan fingerprint density at radius 3 is 2.31 bits per heavy atom. The highest BCUT2D eigenvalue weighted by Crippen LogP contribution is 2.16. The third kappa shape index (κ3) is 6.80. The quantitative estimate of drug-likeness (QED) is 0.672. The normalized spacial score (nSPS) is 13.4. The molecule has 2 aromatic rings. The van der Waals surface area contributed by atoms with Crippen LogP contribution in [0.2, 0.25) is 0 Å². The van der Waals surface area contributed by atoms with E-state index in [1.54, 1.807) is 12.1 Å². The summed E-state index contributed by atoms with van der Waals surface area (Å²) in [4.78, 5) is 11.5. The zero-order chi connectivity index (χ0) is 18.9. The van der Waals surface area contributed by atoms with Gasteiger partial charge in [0.25, 0.3) is 0 Å². The standard InChI is InChI=1S/C20H23F2NO3/c1-14(7-8-15-9-11-17(12-10-15)26-20(21)22)23-18(19(24)25)13-16-5-3-2-4-6-16/h2-6,9-12,14,18,20,23H,7-8,13H2,1H3,(H,24,25)/t14?,18-/m1/s1. The van der Waals surface area contributed by atoms with Crippen molar-refractivity contribution in [2.45, 2.75) is 44.9 Å². The van der Waals surface area contributed by atoms with Crippen LogP contribution in [-0.4, -0.2) is 29.8 Å². The molecule has 26 heavy (non-hydrogen) atoms. The van der Waals surface area contributed by atoms with Crippen LogP contribution < -0.4 is 10.1 Å². The molecule has 0 aliphatic heterocycles. The molecule has 1 unspecified atom stereocenters. The van der Waals surface area contributed by atoms with E-state index >= 15 is 0 Å². The number of alkyl halides is 2. The van der Waals surface area contributed by atoms with Crippen molar-refractivity contribution in [3.05, 3.63) is 65.7 Å². The number of aliphatic carboxylic acids is 1. The molecule has 0 saturated carbocycles. The number of benzene rings is 2. The van der Waals surface area contributed by atoms with Crippen LogP contribution in [0.15, 0.2) is 54.6 Å². The number of halogens is 2. The van der Waals surface area contributed by atoms with E-state index in [0.717, 1.165) is 17.5 Å². The maximum atomic E-state index is 12.1. The predicted octanol–water partition coefficient (Wildman–Crippen LogP) is 3.89. The van der Waals surface area contributed by atoms with Gasteiger partial charge in [-0.25, -0.2) is 0 Å². The molecule has 0 saturated heterocycles. The van der Waals surface area contributed by atoms with E-state index < -0.39 is 18.6 Å². The van der Waals surface area contributed by atoms with Crippen LogP contribution in [0, 0.1) is 0 Å². The highest BCUT2D eigenvalue weighted by Gasteiger charge is 2.19. The Morgan fingerprint density at radius 2 is 1.73 bits per heavy atom. The zero-order valence-corrected chi connectivity index (χ0v) is 14.6. The molecule has 0 aliphatic carbocycles. The van der Waals surface area contributed by atoms with Crippen molar-refractivity contribution in [1.29, 1.82) is 0 Å². The topological polar surface area (TPSA) is 58.6 Å². The fraction of sp³-hybridized carbons (Fsp3) is 0.350. The highest BCUT2D eigenvalue weighted by molar-refractivity contribution is 5.74. The minimum atomic E-state index is -2.83. The number of nitrogens with one attached hydrogen (secondary N) is 1. The Morgan fingerprint density at radius 1 is 1.08 bits per heavy atom. The fourth-order valence-corrected chi connectivity index (χ4v) is 2.71. The van der Waals surface area contributed by atoms with Crippen LogP contribution in [-0.2, 0) is 17.6 Å². The largest absolute Gasteiger partial charge is 0.480 e. The first-order valence-electron chi connectivity index (χ1n) is 8.50. The summed E-state index contributed by atoms with van der Waals surface area (Å²) >= 11 is 0. The molecule has 140 valence electrons. The molecule has 0 bridgehead atoms. The van der Waals surface area contributed by atoms with Gasteiger partial charge in [0.05, 0.1) is 0 Å². The molecule has 0 radical (unpaired) electrons. The summed E-state index contributed by atoms with van der Waals surface area (Å²) in [6, 6.07) is 15.3. The maximum absolute atomic E-state index is 12.1. The molecule has 0 fully saturated rings. The highest BCUT2D eigenvalue weighted by atomic mass is 19.3. The first-order valence-corrected chi connectivity index (χ1v) is 8.50. The lowest BCUT2D eigenvalue weighted by molar-refractivity contribution is -0.139. The van der Waals surface area contributed by atoms with Gasteiger partial charge < -0.3 is 15.2 Å². The SMILES string of the molecule is CC(CCc1ccc(OC(F)F)cc1)N[C@H](Cc1ccccc1)C(=O)O. The summed E-state index contributed by atoms with van der Waals surface area (Å²) in [7, 11) is 0. The molecule has 0 aliphatic rings. The molecule has 2 rings (SSSR count). The van der Waals surface area contributed by atoms with Gasteiger partial charge >= 0.3 is 12.6 Å². The molecule has 2 aromatic carbocycles. The summed E-state index contributed by atoms with van der Waals surface area (Å²) in [5.41, 5.74) is 1.95. The van der Waals surface area contributed by atoms with Gasteiger partial charge in [0.2, 0.25) is 0 Å². The Bertz CT molecular complexity index is 677. The second kappa shape index (κ2) is 9.87. The van der Waals surface area contributed by atoms with E-state index in [0.29, 0.717) is 12.8 Å². The van der Waals surface area contributed by atoms with E-state index in [1.165, 1.54) is 12.1 Å². The average Bonchev–Trinajstić information content (AvgIpc) is 2.61. The maximum Gasteiger partial charge on any atom is 0.387 e. The lowest BCUT2D eigenvalue weighted by atomic mass is 10.0. The van der Waals surface area contributed by atoms with E-state index in [1.807, 2.05) is 37.3 Å². The Hall–Kier alpha value is -2.47. The smallest absolute Gasteiger partial charge is 0.387 e. The van der Waals surface area contributed by atoms with Crippen LogP contribution in [0.3, 0.4) is 0 Å². The summed E-state index contributed by atoms with van der Waals surface area (Å²) < 4.78 is 28.6. The first kappa shape index (κ1) is 19.8. The van der Waals surface area contributed by atoms with Gasteiger partial charge in [-0.2, -0.15) is 8.78 Å². The van der Waals surface area contributed by atoms with Crippen LogP contribution in [0.4, 0.5) is 8.78 Å². The van der Waals surface area contributed by atoms with Gasteiger partial charge in [0.1, 0.15) is 11.8 Å². The molecule has 0 aromatic heterocycles. The Balaban J connectivity index is 1.84. The average molecular weight is 363 g/mol. The number of carbonyl (C=O) groups is 1. The molecular formula is C20H23F2NO3. The van der Waals surface area contributed by atoms with Gasteiger partial charge in [-0.1, -0.05) is 42.5 Å². The zero-order valence-electron chi connectivity index (χ0n) is 14.6. The lowest BCUT2D eigenvalue weighted by Gasteiger charge is -2.20. The van der Waals surface area contributed by atoms with Crippen molar-refractivity contribution in [2.24, 2.45) is 0 Å². The lowest BCUT2D eigenvalue weighted by Crippen LogP contribution is -2.43. The van der Waals surface area contributed by atoms with Crippen molar-refractivity contribution in [3.63, 3.8) is 0 Å². The summed E-state index contributed by atoms with van der Waals surface area (Å²) in [6.45, 7) is -0.891. The molecular weight excluding hydrogens is 340 g/mol. The third-order valence-corrected chi connectivity index (χ3v) is 4.08. The van der Waals surface area contributed by atoms with Gasteiger partial charge in [-0.15, -0.1) is 0 Å². The van der Waals surface area contributed by atoms with Gasteiger partial charge in [-0.3, -0.25) is 4.79 Å². The van der Waals surface area contributed by atoms with Crippen molar-refractivity contribution < 1.29 is 23.4 Å². The molecule has 0 heterocycles. The molecule has 2 atom stereocenters. The van der Waals surface area contributed by atoms with Crippen LogP contribution in [0.25, 0.3) is 0 Å². The van der Waals surface area contributed by atoms with Crippen molar-refractivity contribution in [1.82, 2.24) is 5.32 Å². The number of hydrogen-bond acceptors (Lipinski definition) is 3. The van der Waals surface area contributed by atoms with E-state index in [-0.39, 0.29) is 11.8 Å². The molecule has 4 nitrogen and oxygen atoms in total. The Labute approximate surface area is 151 Å². The van der Waals surface area contributed by atoms with Gasteiger partial charge in [0, 0.05) is 6.04 Å². The molecule has 0 spiro atoms. The minimum absolute atomic E-state index is 0.00296. The van der Waals surface area contributed by atoms with Crippen LogP contribution in [0.5, 0.6) is 5.75 Å². The number of aryl methyl sites for hydroxylation is 1. The summed E-state index contributed by atoms with van der Waals surface area (Å²) in [5.74, 6) is -0.752. The number of carboxylic acids is 1. The summed E-state index contributed by atoms with van der Waals surface area (Å²) in [5, 5.41) is 12.6. The molecule has 0 amide bonds. The van der Waals surface area contributed by atoms with Crippen molar-refractivity contribution in [2.75, 3.05) is 0 Å². The van der Waals surface area contributed by atoms with Crippen molar-refractivity contribution >= 4 is 5.97 Å². The second-order valence-corrected chi connectivity index (χ2v) is 6.21. The minimum Gasteiger partial charge on any atom is -0.480 e. The van der Waals surface area contributed by atoms with E-state index in [9.17, 15) is 18.7 Å². The number of carboxylic acid groups (broad SMARTS) is 1. The first-order chi connectivity index (χ1) is 12.4. The van der Waals surface area contributed by atoms with E-state index in [4.69, 9.17) is 0 Å². The fourth-order valence-electron chi connectivity index (χ4n) is 2.71. The predicted molar refractivity (Wildman–Crippen MR) is 95.6 cm³/mol. The van der Waals surface area contributed by atoms with E-state index in [2.05, 4.69) is 10.1 Å². The van der Waals surface area contributed by atoms with Gasteiger partial charge in [0.15, 0.2) is 0 Å². The second-order valence-electron chi connectivity index (χ2n) is 6.21. The van der Waals surface area contributed by atoms with Crippen LogP contribution >= 0.6 is 0 Å². The Kier molecular flexibility index (Phi) is 7.53. The van der Waals surface area contributed by atoms with Crippen molar-refractivity contribution in [3.8, 4) is 5.75 Å². The number of rotatable bonds is 10. The van der Waals surface area contributed by atoms with Gasteiger partial charge in [-0.05, 0) is 49.4 Å². The number of hydrogen-bond donors (Lipinski definition) is 2. The summed E-state index contributed by atoms with van der Waals surface area (Å²) in [6.07, 6.45) is 1.86. The third-order valence-electron chi connectivity index (χ3n) is 4.08.